The number of hydrogen-bond donors (Lipinski definition) is 0. The molecule has 1 aliphatic rings. The summed E-state index contributed by atoms with van der Waals surface area (Å²) in [5, 5.41) is 0. The Balaban J connectivity index is 2.30. The van der Waals surface area contributed by atoms with Crippen molar-refractivity contribution in [3.8, 4) is 0 Å². The fraction of sp³-hybridized carbons (Fsp3) is 0.810. The molecule has 0 fully saturated rings. The van der Waals surface area contributed by atoms with Crippen LogP contribution in [0.25, 0.3) is 0 Å². The topological polar surface area (TPSA) is 55.8 Å². The summed E-state index contributed by atoms with van der Waals surface area (Å²) in [7, 11) is 0. The van der Waals surface area contributed by atoms with Crippen LogP contribution in [0.4, 0.5) is 0 Å². The van der Waals surface area contributed by atoms with Gasteiger partial charge in [-0.25, -0.2) is 0 Å². The average molecular weight is 488 g/mol. The summed E-state index contributed by atoms with van der Waals surface area (Å²) in [6.45, 7) is 8.70. The van der Waals surface area contributed by atoms with Crippen LogP contribution in [0.5, 0.6) is 0 Å². The second-order valence-electron chi connectivity index (χ2n) is 7.64. The van der Waals surface area contributed by atoms with Crippen LogP contribution in [0.1, 0.15) is 59.3 Å². The number of carbonyl (C=O) groups excluding carboxylic acids is 2. The minimum absolute atomic E-state index is 0.249. The van der Waals surface area contributed by atoms with E-state index in [1.165, 1.54) is 68.9 Å². The van der Waals surface area contributed by atoms with Gasteiger partial charge in [0, 0.05) is 0 Å². The van der Waals surface area contributed by atoms with Gasteiger partial charge in [-0.05, 0) is 0 Å². The number of unbranched alkanes of at least 4 members (excludes halogenated alkanes) is 3. The molecule has 0 atom stereocenters. The van der Waals surface area contributed by atoms with Crippen molar-refractivity contribution in [1.82, 2.24) is 4.90 Å². The van der Waals surface area contributed by atoms with Gasteiger partial charge in [0.2, 0.25) is 0 Å². The first-order valence-corrected chi connectivity index (χ1v) is 18.8. The molecule has 6 heteroatoms. The van der Waals surface area contributed by atoms with Gasteiger partial charge in [-0.2, -0.15) is 0 Å². The van der Waals surface area contributed by atoms with E-state index in [0.29, 0.717) is 26.4 Å². The van der Waals surface area contributed by atoms with Crippen LogP contribution in [0.3, 0.4) is 0 Å². The number of hydrogen-bond acceptors (Lipinski definition) is 4. The molecule has 0 aliphatic carbocycles. The Hall–Kier alpha value is -0.401. The molecule has 0 unspecified atom stereocenters. The Kier molecular flexibility index (Phi) is 13.3. The van der Waals surface area contributed by atoms with Gasteiger partial charge >= 0.3 is 170 Å². The van der Waals surface area contributed by atoms with Crippen LogP contribution in [0.15, 0.2) is 12.2 Å². The van der Waals surface area contributed by atoms with E-state index in [1.807, 2.05) is 0 Å². The van der Waals surface area contributed by atoms with Crippen LogP contribution in [0, 0.1) is 0 Å². The van der Waals surface area contributed by atoms with E-state index >= 15 is 0 Å². The third-order valence-electron chi connectivity index (χ3n) is 5.32. The van der Waals surface area contributed by atoms with E-state index in [0.717, 1.165) is 4.62 Å². The Bertz CT molecular complexity index is 427. The molecule has 0 spiro atoms. The Morgan fingerprint density at radius 3 is 1.74 bits per heavy atom. The maximum atomic E-state index is 11.5. The Labute approximate surface area is 169 Å². The van der Waals surface area contributed by atoms with Crippen molar-refractivity contribution in [1.29, 1.82) is 0 Å². The number of ether oxygens (including phenoxy) is 2. The molecule has 27 heavy (non-hydrogen) atoms. The van der Waals surface area contributed by atoms with E-state index in [-0.39, 0.29) is 11.8 Å². The predicted molar refractivity (Wildman–Crippen MR) is 112 cm³/mol. The predicted octanol–water partition coefficient (Wildman–Crippen LogP) is 4.33. The molecule has 0 radical (unpaired) electrons. The quantitative estimate of drug-likeness (QED) is 0.174. The van der Waals surface area contributed by atoms with Crippen molar-refractivity contribution in [2.45, 2.75) is 72.6 Å². The van der Waals surface area contributed by atoms with E-state index in [9.17, 15) is 9.59 Å². The summed E-state index contributed by atoms with van der Waals surface area (Å²) < 4.78 is 17.1. The second kappa shape index (κ2) is 14.6. The number of rotatable bonds is 17. The number of amides is 2. The van der Waals surface area contributed by atoms with Gasteiger partial charge in [-0.3, -0.25) is 0 Å². The van der Waals surface area contributed by atoms with E-state index in [2.05, 4.69) is 20.8 Å². The van der Waals surface area contributed by atoms with Crippen LogP contribution >= 0.6 is 0 Å². The molecule has 156 valence electrons. The van der Waals surface area contributed by atoms with Gasteiger partial charge in [0.05, 0.1) is 0 Å². The van der Waals surface area contributed by atoms with Gasteiger partial charge in [0.15, 0.2) is 0 Å². The van der Waals surface area contributed by atoms with Gasteiger partial charge in [0.25, 0.3) is 0 Å². The third kappa shape index (κ3) is 9.57. The molecule has 5 nitrogen and oxygen atoms in total. The third-order valence-corrected chi connectivity index (χ3v) is 19.8. The first-order valence-electron chi connectivity index (χ1n) is 10.8. The zero-order valence-corrected chi connectivity index (χ0v) is 20.5. The van der Waals surface area contributed by atoms with E-state index < -0.39 is 18.4 Å². The summed E-state index contributed by atoms with van der Waals surface area (Å²) in [6.07, 6.45) is 10.5. The Morgan fingerprint density at radius 2 is 1.26 bits per heavy atom. The number of carbonyl (C=O) groups is 2. The average Bonchev–Trinajstić information content (AvgIpc) is 2.99. The van der Waals surface area contributed by atoms with Gasteiger partial charge in [0.1, 0.15) is 0 Å². The molecule has 0 aromatic rings. The molecule has 0 bridgehead atoms. The van der Waals surface area contributed by atoms with Crippen molar-refractivity contribution in [2.24, 2.45) is 0 Å². The first kappa shape index (κ1) is 24.6. The minimum atomic E-state index is -2.20. The molecule has 1 heterocycles. The van der Waals surface area contributed by atoms with Crippen LogP contribution < -0.4 is 0 Å². The van der Waals surface area contributed by atoms with Crippen molar-refractivity contribution in [2.75, 3.05) is 31.0 Å². The first-order chi connectivity index (χ1) is 13.1. The number of nitrogens with zero attached hydrogens (tertiary/aromatic N) is 1. The van der Waals surface area contributed by atoms with Gasteiger partial charge in [-0.15, -0.1) is 0 Å². The summed E-state index contributed by atoms with van der Waals surface area (Å²) in [5.41, 5.74) is 0. The van der Waals surface area contributed by atoms with Crippen LogP contribution in [0.2, 0.25) is 13.3 Å². The van der Waals surface area contributed by atoms with Crippen molar-refractivity contribution in [3.05, 3.63) is 12.2 Å². The summed E-state index contributed by atoms with van der Waals surface area (Å²) in [4.78, 5) is 24.1. The fourth-order valence-corrected chi connectivity index (χ4v) is 18.0. The van der Waals surface area contributed by atoms with Crippen molar-refractivity contribution < 1.29 is 19.1 Å². The van der Waals surface area contributed by atoms with Gasteiger partial charge < -0.3 is 0 Å². The SMILES string of the molecule is CCC[CH2][Sn]([CH2]CCC)([CH2]CCC)[CH2]OCCOCCN1C(=O)C=CC1=O. The van der Waals surface area contributed by atoms with Crippen LogP contribution in [-0.2, 0) is 19.1 Å². The van der Waals surface area contributed by atoms with Crippen molar-refractivity contribution in [3.63, 3.8) is 0 Å². The summed E-state index contributed by atoms with van der Waals surface area (Å²) in [5.74, 6) is -0.497. The van der Waals surface area contributed by atoms with E-state index in [1.54, 1.807) is 0 Å². The van der Waals surface area contributed by atoms with Gasteiger partial charge in [-0.1, -0.05) is 0 Å². The summed E-state index contributed by atoms with van der Waals surface area (Å²) >= 11 is -2.20. The molecule has 0 aromatic carbocycles. The normalized spacial score (nSPS) is 14.6. The molecular formula is C21H39NO4Sn. The molecule has 2 amide bonds. The maximum absolute atomic E-state index is 11.5. The van der Waals surface area contributed by atoms with E-state index in [4.69, 9.17) is 9.47 Å². The number of imide groups is 1. The molecule has 0 saturated heterocycles. The molecule has 0 saturated carbocycles. The second-order valence-corrected chi connectivity index (χ2v) is 21.3. The molecule has 1 rings (SSSR count). The monoisotopic (exact) mass is 489 g/mol. The molecular weight excluding hydrogens is 449 g/mol. The zero-order valence-electron chi connectivity index (χ0n) is 17.6. The fourth-order valence-electron chi connectivity index (χ4n) is 3.56. The van der Waals surface area contributed by atoms with Crippen molar-refractivity contribution >= 4 is 30.2 Å². The molecule has 1 aliphatic heterocycles. The summed E-state index contributed by atoms with van der Waals surface area (Å²) in [6, 6.07) is 0. The Morgan fingerprint density at radius 1 is 0.778 bits per heavy atom. The van der Waals surface area contributed by atoms with Crippen LogP contribution in [-0.4, -0.2) is 66.1 Å². The zero-order chi connectivity index (χ0) is 20.0. The molecule has 0 N–H and O–H groups in total. The standard InChI is InChI=1S/C9H12NO4.3C4H9.Sn/c1-13-6-7-14-5-4-10-8(11)2-3-9(10)12;3*1-3-4-2;/h2-3H,1,4-7H2;3*1,3-4H2,2H3;. The molecule has 0 aromatic heterocycles.